The van der Waals surface area contributed by atoms with Crippen LogP contribution in [0.15, 0.2) is 33.9 Å². The summed E-state index contributed by atoms with van der Waals surface area (Å²) in [6, 6.07) is 5.09. The van der Waals surface area contributed by atoms with Crippen LogP contribution in [0.1, 0.15) is 31.2 Å². The maximum atomic E-state index is 12.8. The number of aromatic nitrogens is 2. The second-order valence-corrected chi connectivity index (χ2v) is 6.74. The Morgan fingerprint density at radius 1 is 1.26 bits per heavy atom. The second-order valence-electron chi connectivity index (χ2n) is 4.87. The number of hydrogen-bond acceptors (Lipinski definition) is 6. The Bertz CT molecular complexity index is 772. The highest BCUT2D eigenvalue weighted by Crippen LogP contribution is 2.15. The number of nitrogens with zero attached hydrogens (tertiary/aromatic N) is 2. The van der Waals surface area contributed by atoms with Crippen LogP contribution in [0.4, 0.5) is 4.39 Å². The van der Waals surface area contributed by atoms with E-state index >= 15 is 0 Å². The van der Waals surface area contributed by atoms with Gasteiger partial charge in [0.05, 0.1) is 12.3 Å². The summed E-state index contributed by atoms with van der Waals surface area (Å²) < 4.78 is 42.2. The van der Waals surface area contributed by atoms with E-state index in [1.807, 2.05) is 6.92 Å². The summed E-state index contributed by atoms with van der Waals surface area (Å²) in [6.45, 7) is 1.84. The van der Waals surface area contributed by atoms with Crippen molar-refractivity contribution in [1.29, 1.82) is 0 Å². The van der Waals surface area contributed by atoms with Crippen LogP contribution in [-0.2, 0) is 26.9 Å². The molecule has 7 nitrogen and oxygen atoms in total. The van der Waals surface area contributed by atoms with Crippen molar-refractivity contribution in [3.63, 3.8) is 0 Å². The molecule has 1 amide bonds. The Kier molecular flexibility index (Phi) is 5.43. The highest BCUT2D eigenvalue weighted by molar-refractivity contribution is 7.90. The summed E-state index contributed by atoms with van der Waals surface area (Å²) in [6.07, 6.45) is 1.07. The van der Waals surface area contributed by atoms with Gasteiger partial charge in [0.2, 0.25) is 21.6 Å². The van der Waals surface area contributed by atoms with Gasteiger partial charge in [-0.05, 0) is 24.1 Å². The first kappa shape index (κ1) is 17.1. The van der Waals surface area contributed by atoms with E-state index in [4.69, 9.17) is 4.42 Å². The Hall–Kier alpha value is -2.29. The summed E-state index contributed by atoms with van der Waals surface area (Å²) in [5, 5.41) is 9.12. The number of amides is 1. The predicted molar refractivity (Wildman–Crippen MR) is 78.3 cm³/mol. The largest absolute Gasteiger partial charge is 0.411 e. The van der Waals surface area contributed by atoms with Gasteiger partial charge < -0.3 is 9.73 Å². The van der Waals surface area contributed by atoms with E-state index < -0.39 is 20.9 Å². The fourth-order valence-electron chi connectivity index (χ4n) is 1.79. The number of carbonyl (C=O) groups excluding carboxylic acids is 1. The minimum absolute atomic E-state index is 0.00661. The van der Waals surface area contributed by atoms with E-state index in [0.717, 1.165) is 0 Å². The first-order valence-electron chi connectivity index (χ1n) is 6.97. The van der Waals surface area contributed by atoms with Gasteiger partial charge in [0.1, 0.15) is 5.82 Å². The molecule has 2 aromatic rings. The Morgan fingerprint density at radius 2 is 1.96 bits per heavy atom. The van der Waals surface area contributed by atoms with Gasteiger partial charge in [0, 0.05) is 6.42 Å². The fourth-order valence-corrected chi connectivity index (χ4v) is 2.93. The standard InChI is InChI=1S/C14H16FN3O4S/c1-2-3-12(19)16-8-13-17-18-14(22-13)23(20,21)9-10-4-6-11(15)7-5-10/h4-7H,2-3,8-9H2,1H3,(H,16,19). The molecule has 124 valence electrons. The van der Waals surface area contributed by atoms with Crippen molar-refractivity contribution < 1.29 is 22.0 Å². The molecule has 1 aromatic heterocycles. The average molecular weight is 341 g/mol. The molecular weight excluding hydrogens is 325 g/mol. The topological polar surface area (TPSA) is 102 Å². The van der Waals surface area contributed by atoms with Gasteiger partial charge in [-0.3, -0.25) is 4.79 Å². The van der Waals surface area contributed by atoms with Crippen LogP contribution in [-0.4, -0.2) is 24.5 Å². The molecule has 9 heteroatoms. The van der Waals surface area contributed by atoms with Crippen LogP contribution in [0.5, 0.6) is 0 Å². The van der Waals surface area contributed by atoms with Crippen molar-refractivity contribution in [3.8, 4) is 0 Å². The lowest BCUT2D eigenvalue weighted by Gasteiger charge is -2.01. The minimum Gasteiger partial charge on any atom is -0.411 e. The molecule has 2 rings (SSSR count). The van der Waals surface area contributed by atoms with E-state index in [9.17, 15) is 17.6 Å². The van der Waals surface area contributed by atoms with Crippen LogP contribution in [0, 0.1) is 5.82 Å². The number of rotatable bonds is 7. The van der Waals surface area contributed by atoms with Crippen molar-refractivity contribution in [3.05, 3.63) is 41.5 Å². The normalized spacial score (nSPS) is 11.4. The fraction of sp³-hybridized carbons (Fsp3) is 0.357. The van der Waals surface area contributed by atoms with Crippen molar-refractivity contribution in [2.24, 2.45) is 0 Å². The molecule has 0 aliphatic carbocycles. The summed E-state index contributed by atoms with van der Waals surface area (Å²) in [5.41, 5.74) is 0.405. The van der Waals surface area contributed by atoms with E-state index in [1.165, 1.54) is 24.3 Å². The van der Waals surface area contributed by atoms with Gasteiger partial charge in [-0.25, -0.2) is 12.8 Å². The number of hydrogen-bond donors (Lipinski definition) is 1. The third kappa shape index (κ3) is 4.85. The first-order chi connectivity index (χ1) is 10.9. The molecule has 0 aliphatic rings. The third-order valence-corrected chi connectivity index (χ3v) is 4.31. The maximum absolute atomic E-state index is 12.8. The quantitative estimate of drug-likeness (QED) is 0.820. The molecule has 0 spiro atoms. The predicted octanol–water partition coefficient (Wildman–Crippen LogP) is 1.60. The van der Waals surface area contributed by atoms with Gasteiger partial charge in [-0.2, -0.15) is 0 Å². The van der Waals surface area contributed by atoms with Gasteiger partial charge in [-0.15, -0.1) is 5.10 Å². The highest BCUT2D eigenvalue weighted by Gasteiger charge is 2.23. The smallest absolute Gasteiger partial charge is 0.335 e. The second kappa shape index (κ2) is 7.32. The van der Waals surface area contributed by atoms with Crippen LogP contribution in [0.25, 0.3) is 0 Å². The number of benzene rings is 1. The molecule has 1 aromatic carbocycles. The SMILES string of the molecule is CCCC(=O)NCc1nnc(S(=O)(=O)Cc2ccc(F)cc2)o1. The summed E-state index contributed by atoms with van der Waals surface area (Å²) >= 11 is 0. The molecule has 0 saturated heterocycles. The van der Waals surface area contributed by atoms with Crippen molar-refractivity contribution in [2.75, 3.05) is 0 Å². The molecular formula is C14H16FN3O4S. The van der Waals surface area contributed by atoms with Crippen molar-refractivity contribution >= 4 is 15.7 Å². The van der Waals surface area contributed by atoms with E-state index in [-0.39, 0.29) is 24.1 Å². The summed E-state index contributed by atoms with van der Waals surface area (Å²) in [4.78, 5) is 11.3. The molecule has 0 atom stereocenters. The van der Waals surface area contributed by atoms with E-state index in [1.54, 1.807) is 0 Å². The van der Waals surface area contributed by atoms with E-state index in [0.29, 0.717) is 18.4 Å². The Labute approximate surface area is 132 Å². The molecule has 0 unspecified atom stereocenters. The number of carbonyl (C=O) groups is 1. The maximum Gasteiger partial charge on any atom is 0.335 e. The third-order valence-electron chi connectivity index (χ3n) is 2.90. The average Bonchev–Trinajstić information content (AvgIpc) is 2.98. The van der Waals surface area contributed by atoms with Gasteiger partial charge in [-0.1, -0.05) is 24.2 Å². The van der Waals surface area contributed by atoms with Crippen LogP contribution >= 0.6 is 0 Å². The summed E-state index contributed by atoms with van der Waals surface area (Å²) in [5.74, 6) is -1.00. The zero-order valence-electron chi connectivity index (χ0n) is 12.5. The number of nitrogens with one attached hydrogen (secondary N) is 1. The van der Waals surface area contributed by atoms with Gasteiger partial charge in [0.15, 0.2) is 0 Å². The molecule has 0 radical (unpaired) electrons. The van der Waals surface area contributed by atoms with Gasteiger partial charge >= 0.3 is 5.22 Å². The first-order valence-corrected chi connectivity index (χ1v) is 8.62. The van der Waals surface area contributed by atoms with Crippen LogP contribution in [0.2, 0.25) is 0 Å². The van der Waals surface area contributed by atoms with E-state index in [2.05, 4.69) is 15.5 Å². The molecule has 1 N–H and O–H groups in total. The molecule has 0 aliphatic heterocycles. The zero-order chi connectivity index (χ0) is 16.9. The summed E-state index contributed by atoms with van der Waals surface area (Å²) in [7, 11) is -3.83. The van der Waals surface area contributed by atoms with Crippen LogP contribution in [0.3, 0.4) is 0 Å². The minimum atomic E-state index is -3.83. The molecule has 0 saturated carbocycles. The highest BCUT2D eigenvalue weighted by atomic mass is 32.2. The lowest BCUT2D eigenvalue weighted by Crippen LogP contribution is -2.22. The lowest BCUT2D eigenvalue weighted by atomic mass is 10.2. The monoisotopic (exact) mass is 341 g/mol. The number of halogens is 1. The van der Waals surface area contributed by atoms with Crippen molar-refractivity contribution in [1.82, 2.24) is 15.5 Å². The van der Waals surface area contributed by atoms with Crippen LogP contribution < -0.4 is 5.32 Å². The van der Waals surface area contributed by atoms with Gasteiger partial charge in [0.25, 0.3) is 0 Å². The molecule has 0 bridgehead atoms. The number of sulfone groups is 1. The van der Waals surface area contributed by atoms with Crippen molar-refractivity contribution in [2.45, 2.75) is 37.3 Å². The lowest BCUT2D eigenvalue weighted by molar-refractivity contribution is -0.121. The Balaban J connectivity index is 2.03. The Morgan fingerprint density at radius 3 is 2.61 bits per heavy atom. The zero-order valence-corrected chi connectivity index (χ0v) is 13.3. The molecule has 23 heavy (non-hydrogen) atoms. The molecule has 1 heterocycles. The molecule has 0 fully saturated rings.